The average Bonchev–Trinajstić information content (AvgIpc) is 2.61. The summed E-state index contributed by atoms with van der Waals surface area (Å²) >= 11 is 0. The summed E-state index contributed by atoms with van der Waals surface area (Å²) in [5, 5.41) is 20.6. The average molecular weight is 355 g/mol. The van der Waals surface area contributed by atoms with Crippen molar-refractivity contribution >= 4 is 18.0 Å². The molecule has 0 aliphatic heterocycles. The fraction of sp³-hybridized carbons (Fsp3) is 0.200. The van der Waals surface area contributed by atoms with Gasteiger partial charge in [0.05, 0.1) is 0 Å². The third-order valence-corrected chi connectivity index (χ3v) is 3.57. The summed E-state index contributed by atoms with van der Waals surface area (Å²) in [6, 6.07) is 16.1. The third kappa shape index (κ3) is 6.78. The standard InChI is InChI=1S/C20H21NO5/c22-19(23)12-11-18(20(24)25)21-13-5-7-15-6-4-10-17(14-15)26-16-8-2-1-3-9-16/h1-10,14,18,21H,11-13H2,(H,22,23)(H,24,25)/b7-5+/t18-/m0/s1. The molecule has 0 aliphatic rings. The molecule has 0 heterocycles. The second-order valence-corrected chi connectivity index (χ2v) is 5.62. The molecule has 0 spiro atoms. The van der Waals surface area contributed by atoms with E-state index >= 15 is 0 Å². The molecule has 0 saturated heterocycles. The molecule has 2 aromatic carbocycles. The number of nitrogens with one attached hydrogen (secondary N) is 1. The van der Waals surface area contributed by atoms with Gasteiger partial charge in [0, 0.05) is 13.0 Å². The Morgan fingerprint density at radius 1 is 1.04 bits per heavy atom. The zero-order valence-corrected chi connectivity index (χ0v) is 14.2. The summed E-state index contributed by atoms with van der Waals surface area (Å²) in [4.78, 5) is 21.7. The number of carbonyl (C=O) groups is 2. The molecule has 0 saturated carbocycles. The van der Waals surface area contributed by atoms with Crippen LogP contribution in [0, 0.1) is 0 Å². The lowest BCUT2D eigenvalue weighted by Crippen LogP contribution is -2.37. The van der Waals surface area contributed by atoms with Crippen molar-refractivity contribution < 1.29 is 24.5 Å². The molecule has 0 fully saturated rings. The Bertz CT molecular complexity index is 758. The van der Waals surface area contributed by atoms with Crippen molar-refractivity contribution in [2.45, 2.75) is 18.9 Å². The molecule has 1 atom stereocenters. The van der Waals surface area contributed by atoms with Crippen LogP contribution in [0.25, 0.3) is 6.08 Å². The normalized spacial score (nSPS) is 12.0. The number of hydrogen-bond acceptors (Lipinski definition) is 4. The van der Waals surface area contributed by atoms with Gasteiger partial charge in [-0.25, -0.2) is 0 Å². The number of para-hydroxylation sites is 1. The summed E-state index contributed by atoms with van der Waals surface area (Å²) in [7, 11) is 0. The van der Waals surface area contributed by atoms with E-state index in [1.54, 1.807) is 6.08 Å². The molecule has 136 valence electrons. The minimum Gasteiger partial charge on any atom is -0.481 e. The molecular weight excluding hydrogens is 334 g/mol. The maximum Gasteiger partial charge on any atom is 0.320 e. The van der Waals surface area contributed by atoms with Gasteiger partial charge in [-0.05, 0) is 36.2 Å². The Kier molecular flexibility index (Phi) is 7.39. The highest BCUT2D eigenvalue weighted by Gasteiger charge is 2.16. The Labute approximate surface area is 151 Å². The van der Waals surface area contributed by atoms with Gasteiger partial charge in [0.15, 0.2) is 0 Å². The fourth-order valence-electron chi connectivity index (χ4n) is 2.29. The predicted molar refractivity (Wildman–Crippen MR) is 98.3 cm³/mol. The molecule has 0 radical (unpaired) electrons. The van der Waals surface area contributed by atoms with Gasteiger partial charge in [-0.15, -0.1) is 0 Å². The van der Waals surface area contributed by atoms with E-state index in [1.165, 1.54) is 0 Å². The van der Waals surface area contributed by atoms with Crippen LogP contribution in [0.4, 0.5) is 0 Å². The van der Waals surface area contributed by atoms with Gasteiger partial charge in [-0.1, -0.05) is 42.5 Å². The smallest absolute Gasteiger partial charge is 0.320 e. The van der Waals surface area contributed by atoms with E-state index in [4.69, 9.17) is 14.9 Å². The number of carboxylic acids is 2. The molecule has 26 heavy (non-hydrogen) atoms. The van der Waals surface area contributed by atoms with E-state index in [0.29, 0.717) is 12.3 Å². The highest BCUT2D eigenvalue weighted by molar-refractivity contribution is 5.75. The summed E-state index contributed by atoms with van der Waals surface area (Å²) in [5.74, 6) is -0.615. The number of aliphatic carboxylic acids is 2. The lowest BCUT2D eigenvalue weighted by Gasteiger charge is -2.11. The molecule has 6 nitrogen and oxygen atoms in total. The van der Waals surface area contributed by atoms with Crippen molar-refractivity contribution in [1.29, 1.82) is 0 Å². The first-order chi connectivity index (χ1) is 12.5. The zero-order valence-electron chi connectivity index (χ0n) is 14.2. The van der Waals surface area contributed by atoms with Crippen LogP contribution in [-0.4, -0.2) is 34.7 Å². The molecule has 0 amide bonds. The van der Waals surface area contributed by atoms with E-state index in [1.807, 2.05) is 60.7 Å². The summed E-state index contributed by atoms with van der Waals surface area (Å²) < 4.78 is 5.77. The van der Waals surface area contributed by atoms with Crippen molar-refractivity contribution in [2.75, 3.05) is 6.54 Å². The second kappa shape index (κ2) is 10.0. The first kappa shape index (κ1) is 19.2. The van der Waals surface area contributed by atoms with Crippen molar-refractivity contribution in [3.05, 3.63) is 66.2 Å². The van der Waals surface area contributed by atoms with E-state index in [9.17, 15) is 9.59 Å². The lowest BCUT2D eigenvalue weighted by molar-refractivity contribution is -0.140. The van der Waals surface area contributed by atoms with Crippen molar-refractivity contribution in [3.63, 3.8) is 0 Å². The van der Waals surface area contributed by atoms with Gasteiger partial charge < -0.3 is 20.3 Å². The largest absolute Gasteiger partial charge is 0.481 e. The molecular formula is C20H21NO5. The monoisotopic (exact) mass is 355 g/mol. The fourth-order valence-corrected chi connectivity index (χ4v) is 2.29. The number of carboxylic acid groups (broad SMARTS) is 2. The van der Waals surface area contributed by atoms with Crippen LogP contribution < -0.4 is 10.1 Å². The van der Waals surface area contributed by atoms with Crippen LogP contribution >= 0.6 is 0 Å². The number of hydrogen-bond donors (Lipinski definition) is 3. The second-order valence-electron chi connectivity index (χ2n) is 5.62. The topological polar surface area (TPSA) is 95.9 Å². The molecule has 0 bridgehead atoms. The highest BCUT2D eigenvalue weighted by Crippen LogP contribution is 2.22. The Morgan fingerprint density at radius 2 is 1.77 bits per heavy atom. The molecule has 0 aromatic heterocycles. The van der Waals surface area contributed by atoms with Crippen molar-refractivity contribution in [1.82, 2.24) is 5.32 Å². The van der Waals surface area contributed by atoms with Crippen LogP contribution in [0.3, 0.4) is 0 Å². The van der Waals surface area contributed by atoms with Gasteiger partial charge >= 0.3 is 11.9 Å². The molecule has 2 aromatic rings. The number of rotatable bonds is 10. The van der Waals surface area contributed by atoms with Crippen LogP contribution in [0.2, 0.25) is 0 Å². The van der Waals surface area contributed by atoms with Crippen LogP contribution in [0.15, 0.2) is 60.7 Å². The molecule has 2 rings (SSSR count). The van der Waals surface area contributed by atoms with Crippen molar-refractivity contribution in [2.24, 2.45) is 0 Å². The number of benzene rings is 2. The van der Waals surface area contributed by atoms with Crippen LogP contribution in [-0.2, 0) is 9.59 Å². The predicted octanol–water partition coefficient (Wildman–Crippen LogP) is 3.40. The van der Waals surface area contributed by atoms with E-state index < -0.39 is 18.0 Å². The van der Waals surface area contributed by atoms with Gasteiger partial charge in [0.2, 0.25) is 0 Å². The maximum atomic E-state index is 11.1. The van der Waals surface area contributed by atoms with Crippen molar-refractivity contribution in [3.8, 4) is 11.5 Å². The Morgan fingerprint density at radius 3 is 2.46 bits per heavy atom. The molecule has 3 N–H and O–H groups in total. The SMILES string of the molecule is O=C(O)CC[C@H](NC/C=C/c1cccc(Oc2ccccc2)c1)C(=O)O. The Hall–Kier alpha value is -3.12. The quantitative estimate of drug-likeness (QED) is 0.604. The maximum absolute atomic E-state index is 11.1. The number of ether oxygens (including phenoxy) is 1. The summed E-state index contributed by atoms with van der Waals surface area (Å²) in [6.45, 7) is 0.320. The third-order valence-electron chi connectivity index (χ3n) is 3.57. The first-order valence-corrected chi connectivity index (χ1v) is 8.22. The van der Waals surface area contributed by atoms with Gasteiger partial charge in [0.1, 0.15) is 17.5 Å². The zero-order chi connectivity index (χ0) is 18.8. The van der Waals surface area contributed by atoms with E-state index in [-0.39, 0.29) is 12.8 Å². The minimum atomic E-state index is -1.06. The Balaban J connectivity index is 1.88. The summed E-state index contributed by atoms with van der Waals surface area (Å²) in [5.41, 5.74) is 0.914. The van der Waals surface area contributed by atoms with Crippen LogP contribution in [0.1, 0.15) is 18.4 Å². The van der Waals surface area contributed by atoms with E-state index in [0.717, 1.165) is 11.3 Å². The minimum absolute atomic E-state index is 0.0406. The van der Waals surface area contributed by atoms with E-state index in [2.05, 4.69) is 5.32 Å². The van der Waals surface area contributed by atoms with Crippen LogP contribution in [0.5, 0.6) is 11.5 Å². The summed E-state index contributed by atoms with van der Waals surface area (Å²) in [6.07, 6.45) is 3.49. The lowest BCUT2D eigenvalue weighted by atomic mass is 10.1. The first-order valence-electron chi connectivity index (χ1n) is 8.22. The highest BCUT2D eigenvalue weighted by atomic mass is 16.5. The van der Waals surface area contributed by atoms with Gasteiger partial charge in [0.25, 0.3) is 0 Å². The molecule has 0 unspecified atom stereocenters. The van der Waals surface area contributed by atoms with Gasteiger partial charge in [-0.2, -0.15) is 0 Å². The molecule has 6 heteroatoms. The van der Waals surface area contributed by atoms with Gasteiger partial charge in [-0.3, -0.25) is 9.59 Å². The molecule has 0 aliphatic carbocycles.